The van der Waals surface area contributed by atoms with Crippen molar-refractivity contribution < 1.29 is 10.2 Å². The molecule has 4 heteroatoms. The van der Waals surface area contributed by atoms with E-state index in [0.29, 0.717) is 0 Å². The summed E-state index contributed by atoms with van der Waals surface area (Å²) in [5.41, 5.74) is 1.91. The molecule has 16 heavy (non-hydrogen) atoms. The van der Waals surface area contributed by atoms with Crippen LogP contribution < -0.4 is 0 Å². The van der Waals surface area contributed by atoms with Crippen LogP contribution in [0.15, 0.2) is 36.7 Å². The number of aromatic nitrogens is 2. The highest BCUT2D eigenvalue weighted by Gasteiger charge is 2.01. The molecule has 0 unspecified atom stereocenters. The SMILES string of the molecule is OCCCc1cnn(-c2cccc(O)c2)c1. The van der Waals surface area contributed by atoms with E-state index in [4.69, 9.17) is 5.11 Å². The lowest BCUT2D eigenvalue weighted by molar-refractivity contribution is 0.288. The van der Waals surface area contributed by atoms with E-state index in [-0.39, 0.29) is 12.4 Å². The average molecular weight is 218 g/mol. The first-order chi connectivity index (χ1) is 7.79. The van der Waals surface area contributed by atoms with Crippen LogP contribution in [0.25, 0.3) is 5.69 Å². The predicted octanol–water partition coefficient (Wildman–Crippen LogP) is 1.50. The number of hydrogen-bond donors (Lipinski definition) is 2. The second-order valence-corrected chi connectivity index (χ2v) is 3.64. The van der Waals surface area contributed by atoms with E-state index >= 15 is 0 Å². The molecule has 2 rings (SSSR count). The van der Waals surface area contributed by atoms with Gasteiger partial charge in [-0.05, 0) is 30.5 Å². The molecule has 0 bridgehead atoms. The molecule has 0 aliphatic heterocycles. The van der Waals surface area contributed by atoms with Gasteiger partial charge >= 0.3 is 0 Å². The number of phenolic OH excluding ortho intramolecular Hbond substituents is 1. The summed E-state index contributed by atoms with van der Waals surface area (Å²) in [6, 6.07) is 6.94. The molecule has 0 radical (unpaired) electrons. The van der Waals surface area contributed by atoms with Gasteiger partial charge < -0.3 is 10.2 Å². The van der Waals surface area contributed by atoms with Gasteiger partial charge in [0.2, 0.25) is 0 Å². The van der Waals surface area contributed by atoms with Gasteiger partial charge in [-0.2, -0.15) is 5.10 Å². The number of hydrogen-bond acceptors (Lipinski definition) is 3. The third-order valence-corrected chi connectivity index (χ3v) is 2.35. The Bertz CT molecular complexity index is 466. The van der Waals surface area contributed by atoms with Crippen LogP contribution in [0.4, 0.5) is 0 Å². The molecule has 4 nitrogen and oxygen atoms in total. The molecule has 0 fully saturated rings. The quantitative estimate of drug-likeness (QED) is 0.817. The first-order valence-electron chi connectivity index (χ1n) is 5.23. The van der Waals surface area contributed by atoms with Gasteiger partial charge in [0, 0.05) is 18.9 Å². The van der Waals surface area contributed by atoms with Gasteiger partial charge in [-0.25, -0.2) is 4.68 Å². The first kappa shape index (κ1) is 10.7. The Morgan fingerprint density at radius 1 is 1.31 bits per heavy atom. The van der Waals surface area contributed by atoms with E-state index in [9.17, 15) is 5.11 Å². The minimum atomic E-state index is 0.192. The zero-order valence-electron chi connectivity index (χ0n) is 8.87. The minimum absolute atomic E-state index is 0.192. The zero-order chi connectivity index (χ0) is 11.4. The Labute approximate surface area is 93.8 Å². The maximum atomic E-state index is 9.35. The third-order valence-electron chi connectivity index (χ3n) is 2.35. The van der Waals surface area contributed by atoms with Crippen LogP contribution in [0, 0.1) is 0 Å². The topological polar surface area (TPSA) is 58.3 Å². The van der Waals surface area contributed by atoms with Gasteiger partial charge in [0.1, 0.15) is 5.75 Å². The summed E-state index contributed by atoms with van der Waals surface area (Å²) >= 11 is 0. The molecule has 0 saturated heterocycles. The lowest BCUT2D eigenvalue weighted by Crippen LogP contribution is -1.93. The molecule has 2 aromatic rings. The van der Waals surface area contributed by atoms with Crippen LogP contribution in [0.5, 0.6) is 5.75 Å². The van der Waals surface area contributed by atoms with Gasteiger partial charge in [-0.1, -0.05) is 6.07 Å². The van der Waals surface area contributed by atoms with Crippen molar-refractivity contribution in [2.24, 2.45) is 0 Å². The Morgan fingerprint density at radius 2 is 2.19 bits per heavy atom. The van der Waals surface area contributed by atoms with Crippen molar-refractivity contribution >= 4 is 0 Å². The van der Waals surface area contributed by atoms with Crippen molar-refractivity contribution in [2.45, 2.75) is 12.8 Å². The summed E-state index contributed by atoms with van der Waals surface area (Å²) in [7, 11) is 0. The minimum Gasteiger partial charge on any atom is -0.508 e. The number of nitrogens with zero attached hydrogens (tertiary/aromatic N) is 2. The van der Waals surface area contributed by atoms with Gasteiger partial charge in [0.15, 0.2) is 0 Å². The first-order valence-corrected chi connectivity index (χ1v) is 5.23. The summed E-state index contributed by atoms with van der Waals surface area (Å²) in [5.74, 6) is 0.227. The predicted molar refractivity (Wildman–Crippen MR) is 60.6 cm³/mol. The Balaban J connectivity index is 2.18. The third kappa shape index (κ3) is 2.41. The highest BCUT2D eigenvalue weighted by atomic mass is 16.3. The van der Waals surface area contributed by atoms with Crippen LogP contribution in [0.2, 0.25) is 0 Å². The van der Waals surface area contributed by atoms with Gasteiger partial charge in [0.25, 0.3) is 0 Å². The van der Waals surface area contributed by atoms with Crippen LogP contribution >= 0.6 is 0 Å². The van der Waals surface area contributed by atoms with E-state index in [1.165, 1.54) is 0 Å². The van der Waals surface area contributed by atoms with E-state index in [2.05, 4.69) is 5.10 Å². The molecule has 0 amide bonds. The second kappa shape index (κ2) is 4.81. The Hall–Kier alpha value is -1.81. The lowest BCUT2D eigenvalue weighted by Gasteiger charge is -2.00. The molecule has 2 N–H and O–H groups in total. The number of rotatable bonds is 4. The molecule has 0 atom stereocenters. The summed E-state index contributed by atoms with van der Waals surface area (Å²) in [5, 5.41) is 22.3. The molecular formula is C12H14N2O2. The zero-order valence-corrected chi connectivity index (χ0v) is 8.87. The number of benzene rings is 1. The summed E-state index contributed by atoms with van der Waals surface area (Å²) in [6.45, 7) is 0.192. The highest BCUT2D eigenvalue weighted by Crippen LogP contribution is 2.15. The normalized spacial score (nSPS) is 10.6. The van der Waals surface area contributed by atoms with Crippen molar-refractivity contribution in [1.29, 1.82) is 0 Å². The lowest BCUT2D eigenvalue weighted by atomic mass is 10.2. The fourth-order valence-corrected chi connectivity index (χ4v) is 1.55. The number of phenols is 1. The molecular weight excluding hydrogens is 204 g/mol. The molecule has 84 valence electrons. The molecule has 0 saturated carbocycles. The molecule has 1 heterocycles. The number of aliphatic hydroxyl groups excluding tert-OH is 1. The Morgan fingerprint density at radius 3 is 2.94 bits per heavy atom. The Kier molecular flexibility index (Phi) is 3.22. The van der Waals surface area contributed by atoms with Gasteiger partial charge in [-0.15, -0.1) is 0 Å². The van der Waals surface area contributed by atoms with Gasteiger partial charge in [-0.3, -0.25) is 0 Å². The van der Waals surface area contributed by atoms with E-state index in [0.717, 1.165) is 24.1 Å². The molecule has 1 aromatic carbocycles. The maximum absolute atomic E-state index is 9.35. The van der Waals surface area contributed by atoms with E-state index in [1.54, 1.807) is 29.1 Å². The molecule has 0 aliphatic rings. The summed E-state index contributed by atoms with van der Waals surface area (Å²) in [6.07, 6.45) is 5.24. The van der Waals surface area contributed by atoms with Crippen molar-refractivity contribution in [3.63, 3.8) is 0 Å². The highest BCUT2D eigenvalue weighted by molar-refractivity contribution is 5.38. The van der Waals surface area contributed by atoms with Crippen LogP contribution in [-0.4, -0.2) is 26.6 Å². The van der Waals surface area contributed by atoms with Crippen LogP contribution in [-0.2, 0) is 6.42 Å². The number of aliphatic hydroxyl groups is 1. The van der Waals surface area contributed by atoms with Gasteiger partial charge in [0.05, 0.1) is 11.9 Å². The van der Waals surface area contributed by atoms with Crippen molar-refractivity contribution in [1.82, 2.24) is 9.78 Å². The van der Waals surface area contributed by atoms with E-state index in [1.807, 2.05) is 12.3 Å². The van der Waals surface area contributed by atoms with Crippen LogP contribution in [0.1, 0.15) is 12.0 Å². The van der Waals surface area contributed by atoms with Crippen LogP contribution in [0.3, 0.4) is 0 Å². The van der Waals surface area contributed by atoms with Crippen molar-refractivity contribution in [2.75, 3.05) is 6.61 Å². The van der Waals surface area contributed by atoms with Crippen molar-refractivity contribution in [3.05, 3.63) is 42.2 Å². The molecule has 1 aromatic heterocycles. The standard InChI is InChI=1S/C12H14N2O2/c15-6-2-3-10-8-13-14(9-10)11-4-1-5-12(16)7-11/h1,4-5,7-9,15-16H,2-3,6H2. The number of aromatic hydroxyl groups is 1. The summed E-state index contributed by atoms with van der Waals surface area (Å²) < 4.78 is 1.71. The van der Waals surface area contributed by atoms with Crippen molar-refractivity contribution in [3.8, 4) is 11.4 Å². The largest absolute Gasteiger partial charge is 0.508 e. The summed E-state index contributed by atoms with van der Waals surface area (Å²) in [4.78, 5) is 0. The fraction of sp³-hybridized carbons (Fsp3) is 0.250. The fourth-order valence-electron chi connectivity index (χ4n) is 1.55. The van der Waals surface area contributed by atoms with E-state index < -0.39 is 0 Å². The number of aryl methyl sites for hydroxylation is 1. The average Bonchev–Trinajstić information content (AvgIpc) is 2.75. The smallest absolute Gasteiger partial charge is 0.117 e. The second-order valence-electron chi connectivity index (χ2n) is 3.64. The molecule has 0 spiro atoms. The monoisotopic (exact) mass is 218 g/mol. The molecule has 0 aliphatic carbocycles. The maximum Gasteiger partial charge on any atom is 0.117 e.